The van der Waals surface area contributed by atoms with Crippen LogP contribution in [-0.4, -0.2) is 19.3 Å². The van der Waals surface area contributed by atoms with Gasteiger partial charge >= 0.3 is 0 Å². The molecule has 3 heterocycles. The highest BCUT2D eigenvalue weighted by atomic mass is 16.5. The summed E-state index contributed by atoms with van der Waals surface area (Å²) in [6.07, 6.45) is 3.77. The van der Waals surface area contributed by atoms with Crippen LogP contribution >= 0.6 is 0 Å². The maximum atomic E-state index is 6.84. The zero-order valence-corrected chi connectivity index (χ0v) is 31.8. The summed E-state index contributed by atoms with van der Waals surface area (Å²) in [4.78, 5) is 4.81. The van der Waals surface area contributed by atoms with E-state index in [1.807, 2.05) is 6.20 Å². The van der Waals surface area contributed by atoms with Gasteiger partial charge in [-0.05, 0) is 122 Å². The molecule has 5 heteroatoms. The number of para-hydroxylation sites is 1. The zero-order chi connectivity index (χ0) is 36.2. The van der Waals surface area contributed by atoms with Gasteiger partial charge in [0, 0.05) is 34.7 Å². The van der Waals surface area contributed by atoms with E-state index in [1.165, 1.54) is 55.4 Å². The molecular weight excluding hydrogens is 625 g/mol. The Labute approximate surface area is 302 Å². The van der Waals surface area contributed by atoms with Gasteiger partial charge in [0.25, 0.3) is 0 Å². The average Bonchev–Trinajstić information content (AvgIpc) is 3.57. The van der Waals surface area contributed by atoms with Gasteiger partial charge in [-0.3, -0.25) is 4.57 Å². The summed E-state index contributed by atoms with van der Waals surface area (Å²) in [5.41, 5.74) is 14.3. The van der Waals surface area contributed by atoms with Crippen LogP contribution in [0.1, 0.15) is 80.7 Å². The molecule has 7 rings (SSSR count). The molecule has 51 heavy (non-hydrogen) atoms. The first-order valence-electron chi connectivity index (χ1n) is 18.3. The standard InChI is InChI=1S/C46H50N4O/c1-11-33-18-19-47-43(23-33)49-40-15-13-12-14-38(40)39-17-16-36(27-41(39)49)51-37-25-34(46(8,9)10)24-35(26-37)50-42(20-28(2)3)45(32(7)48-50)44-30(5)21-29(4)22-31(44)6/h12-19,21-28H,11,20H2,1-10H3. The van der Waals surface area contributed by atoms with Crippen molar-refractivity contribution in [1.29, 1.82) is 0 Å². The van der Waals surface area contributed by atoms with Crippen LogP contribution in [0.4, 0.5) is 0 Å². The third-order valence-electron chi connectivity index (χ3n) is 10.0. The molecule has 0 radical (unpaired) electrons. The molecule has 0 saturated heterocycles. The molecule has 260 valence electrons. The van der Waals surface area contributed by atoms with Gasteiger partial charge in [0.2, 0.25) is 0 Å². The Morgan fingerprint density at radius 1 is 0.745 bits per heavy atom. The van der Waals surface area contributed by atoms with Crippen LogP contribution in [0, 0.1) is 33.6 Å². The molecule has 0 aliphatic heterocycles. The normalized spacial score (nSPS) is 12.1. The Morgan fingerprint density at radius 2 is 1.47 bits per heavy atom. The monoisotopic (exact) mass is 674 g/mol. The van der Waals surface area contributed by atoms with E-state index < -0.39 is 0 Å². The molecule has 0 spiro atoms. The first-order chi connectivity index (χ1) is 24.3. The average molecular weight is 675 g/mol. The lowest BCUT2D eigenvalue weighted by atomic mass is 9.86. The molecule has 0 fully saturated rings. The van der Waals surface area contributed by atoms with Gasteiger partial charge < -0.3 is 4.74 Å². The molecule has 0 bridgehead atoms. The fraction of sp³-hybridized carbons (Fsp3) is 0.304. The molecule has 0 unspecified atom stereocenters. The molecule has 0 aliphatic carbocycles. The summed E-state index contributed by atoms with van der Waals surface area (Å²) in [6, 6.07) is 30.4. The summed E-state index contributed by atoms with van der Waals surface area (Å²) >= 11 is 0. The molecule has 5 nitrogen and oxygen atoms in total. The molecule has 7 aromatic rings. The largest absolute Gasteiger partial charge is 0.457 e. The topological polar surface area (TPSA) is 44.9 Å². The predicted octanol–water partition coefficient (Wildman–Crippen LogP) is 12.1. The van der Waals surface area contributed by atoms with Crippen LogP contribution in [-0.2, 0) is 18.3 Å². The van der Waals surface area contributed by atoms with Crippen LogP contribution in [0.5, 0.6) is 11.5 Å². The number of hydrogen-bond acceptors (Lipinski definition) is 3. The van der Waals surface area contributed by atoms with Crippen molar-refractivity contribution in [3.8, 4) is 34.1 Å². The quantitative estimate of drug-likeness (QED) is 0.161. The number of nitrogens with zero attached hydrogens (tertiary/aromatic N) is 4. The van der Waals surface area contributed by atoms with Gasteiger partial charge in [-0.1, -0.05) is 77.4 Å². The van der Waals surface area contributed by atoms with Crippen molar-refractivity contribution >= 4 is 21.8 Å². The number of pyridine rings is 1. The molecule has 0 aliphatic rings. The molecule has 0 saturated carbocycles. The van der Waals surface area contributed by atoms with Crippen molar-refractivity contribution in [2.75, 3.05) is 0 Å². The second-order valence-corrected chi connectivity index (χ2v) is 15.7. The summed E-state index contributed by atoms with van der Waals surface area (Å²) in [7, 11) is 0. The van der Waals surface area contributed by atoms with Gasteiger partial charge in [-0.2, -0.15) is 5.10 Å². The van der Waals surface area contributed by atoms with Crippen LogP contribution in [0.15, 0.2) is 91.1 Å². The van der Waals surface area contributed by atoms with Crippen molar-refractivity contribution in [2.45, 2.75) is 87.5 Å². The summed E-state index contributed by atoms with van der Waals surface area (Å²) in [5, 5.41) is 7.63. The molecular formula is C46H50N4O. The molecule has 0 atom stereocenters. The maximum absolute atomic E-state index is 6.84. The first kappa shape index (κ1) is 34.3. The highest BCUT2D eigenvalue weighted by Crippen LogP contribution is 2.39. The van der Waals surface area contributed by atoms with E-state index in [0.717, 1.165) is 52.6 Å². The lowest BCUT2D eigenvalue weighted by Crippen LogP contribution is -2.13. The van der Waals surface area contributed by atoms with E-state index in [4.69, 9.17) is 14.8 Å². The molecule has 0 amide bonds. The minimum atomic E-state index is -0.103. The van der Waals surface area contributed by atoms with Gasteiger partial charge in [-0.15, -0.1) is 0 Å². The first-order valence-corrected chi connectivity index (χ1v) is 18.3. The SMILES string of the molecule is CCc1ccnc(-n2c3ccccc3c3ccc(Oc4cc(-n5nc(C)c(-c6c(C)cc(C)cc6C)c5CC(C)C)cc(C(C)(C)C)c4)cc32)c1. The second kappa shape index (κ2) is 13.2. The number of rotatable bonds is 8. The predicted molar refractivity (Wildman–Crippen MR) is 213 cm³/mol. The van der Waals surface area contributed by atoms with Gasteiger partial charge in [-0.25, -0.2) is 9.67 Å². The fourth-order valence-electron chi connectivity index (χ4n) is 7.66. The highest BCUT2D eigenvalue weighted by molar-refractivity contribution is 6.09. The number of fused-ring (bicyclic) bond motifs is 3. The van der Waals surface area contributed by atoms with E-state index >= 15 is 0 Å². The highest BCUT2D eigenvalue weighted by Gasteiger charge is 2.24. The Hall–Kier alpha value is -5.16. The lowest BCUT2D eigenvalue weighted by Gasteiger charge is -2.22. The summed E-state index contributed by atoms with van der Waals surface area (Å²) < 4.78 is 11.3. The van der Waals surface area contributed by atoms with Crippen molar-refractivity contribution in [1.82, 2.24) is 19.3 Å². The maximum Gasteiger partial charge on any atom is 0.137 e. The lowest BCUT2D eigenvalue weighted by molar-refractivity contribution is 0.478. The number of benzene rings is 4. The molecule has 0 N–H and O–H groups in total. The summed E-state index contributed by atoms with van der Waals surface area (Å²) in [6.45, 7) is 22.3. The number of ether oxygens (including phenoxy) is 1. The van der Waals surface area contributed by atoms with Crippen molar-refractivity contribution in [3.63, 3.8) is 0 Å². The van der Waals surface area contributed by atoms with E-state index in [-0.39, 0.29) is 5.41 Å². The molecule has 3 aromatic heterocycles. The smallest absolute Gasteiger partial charge is 0.137 e. The number of aryl methyl sites for hydroxylation is 5. The van der Waals surface area contributed by atoms with Crippen molar-refractivity contribution < 1.29 is 4.74 Å². The number of aromatic nitrogens is 4. The van der Waals surface area contributed by atoms with Crippen molar-refractivity contribution in [3.05, 3.63) is 130 Å². The minimum absolute atomic E-state index is 0.103. The van der Waals surface area contributed by atoms with Crippen LogP contribution < -0.4 is 4.74 Å². The Bertz CT molecular complexity index is 2390. The Morgan fingerprint density at radius 3 is 2.18 bits per heavy atom. The molecule has 4 aromatic carbocycles. The minimum Gasteiger partial charge on any atom is -0.457 e. The van der Waals surface area contributed by atoms with Crippen LogP contribution in [0.25, 0.3) is 44.4 Å². The van der Waals surface area contributed by atoms with Gasteiger partial charge in [0.15, 0.2) is 0 Å². The van der Waals surface area contributed by atoms with Crippen LogP contribution in [0.2, 0.25) is 0 Å². The Balaban J connectivity index is 1.39. The van der Waals surface area contributed by atoms with Crippen LogP contribution in [0.3, 0.4) is 0 Å². The van der Waals surface area contributed by atoms with Crippen molar-refractivity contribution in [2.24, 2.45) is 5.92 Å². The van der Waals surface area contributed by atoms with Gasteiger partial charge in [0.1, 0.15) is 17.3 Å². The van der Waals surface area contributed by atoms with E-state index in [2.05, 4.69) is 163 Å². The van der Waals surface area contributed by atoms with E-state index in [0.29, 0.717) is 5.92 Å². The third kappa shape index (κ3) is 6.46. The summed E-state index contributed by atoms with van der Waals surface area (Å²) in [5.74, 6) is 2.94. The second-order valence-electron chi connectivity index (χ2n) is 15.7. The number of hydrogen-bond donors (Lipinski definition) is 0. The van der Waals surface area contributed by atoms with E-state index in [1.54, 1.807) is 0 Å². The zero-order valence-electron chi connectivity index (χ0n) is 31.8. The fourth-order valence-corrected chi connectivity index (χ4v) is 7.66. The third-order valence-corrected chi connectivity index (χ3v) is 10.0. The van der Waals surface area contributed by atoms with E-state index in [9.17, 15) is 0 Å². The Kier molecular flexibility index (Phi) is 8.87. The van der Waals surface area contributed by atoms with Gasteiger partial charge in [0.05, 0.1) is 28.1 Å².